The second-order valence-corrected chi connectivity index (χ2v) is 4.27. The lowest BCUT2D eigenvalue weighted by Gasteiger charge is -2.35. The van der Waals surface area contributed by atoms with Crippen LogP contribution in [0.15, 0.2) is 0 Å². The van der Waals surface area contributed by atoms with Crippen molar-refractivity contribution in [2.45, 2.75) is 25.2 Å². The van der Waals surface area contributed by atoms with Crippen LogP contribution in [0.1, 0.15) is 19.3 Å². The number of nitrogens with zero attached hydrogens (tertiary/aromatic N) is 1. The van der Waals surface area contributed by atoms with Crippen LogP contribution in [0.5, 0.6) is 0 Å². The number of hydrogen-bond acceptors (Lipinski definition) is 2. The van der Waals surface area contributed by atoms with E-state index in [0.29, 0.717) is 0 Å². The van der Waals surface area contributed by atoms with E-state index >= 15 is 0 Å². The molecule has 0 radical (unpaired) electrons. The number of carbonyl (C=O) groups excluding carboxylic acids is 1. The highest BCUT2D eigenvalue weighted by Crippen LogP contribution is 2.44. The molecule has 1 rings (SSSR count). The third kappa shape index (κ3) is 2.70. The molecule has 1 saturated carbocycles. The average Bonchev–Trinajstić information content (AvgIpc) is 1.80. The highest BCUT2D eigenvalue weighted by Gasteiger charge is 2.47. The smallest absolute Gasteiger partial charge is 0.229 e. The lowest BCUT2D eigenvalue weighted by atomic mass is 9.79. The first-order valence-electron chi connectivity index (χ1n) is 4.24. The normalized spacial score (nSPS) is 22.5. The standard InChI is InChI=1S/C8H15F2N2O/c1-12(2,11)7(13)3-6-4-8(9,10)5-6/h6H,3-5,11H2,1-2H3/q+1. The molecule has 0 heterocycles. The fourth-order valence-electron chi connectivity index (χ4n) is 1.41. The van der Waals surface area contributed by atoms with Gasteiger partial charge in [0.2, 0.25) is 5.92 Å². The van der Waals surface area contributed by atoms with Gasteiger partial charge in [-0.1, -0.05) is 0 Å². The van der Waals surface area contributed by atoms with Crippen molar-refractivity contribution in [2.75, 3.05) is 14.1 Å². The quantitative estimate of drug-likeness (QED) is 0.306. The molecular weight excluding hydrogens is 178 g/mol. The average molecular weight is 193 g/mol. The van der Waals surface area contributed by atoms with Crippen LogP contribution in [0.3, 0.4) is 0 Å². The summed E-state index contributed by atoms with van der Waals surface area (Å²) in [7, 11) is 3.08. The molecule has 2 N–H and O–H groups in total. The van der Waals surface area contributed by atoms with Gasteiger partial charge in [0, 0.05) is 12.8 Å². The van der Waals surface area contributed by atoms with E-state index in [0.717, 1.165) is 0 Å². The summed E-state index contributed by atoms with van der Waals surface area (Å²) in [4.78, 5) is 11.3. The summed E-state index contributed by atoms with van der Waals surface area (Å²) < 4.78 is 24.5. The number of halogens is 2. The van der Waals surface area contributed by atoms with Crippen LogP contribution in [0.4, 0.5) is 8.78 Å². The highest BCUT2D eigenvalue weighted by atomic mass is 19.3. The van der Waals surface area contributed by atoms with E-state index in [4.69, 9.17) is 5.84 Å². The third-order valence-electron chi connectivity index (χ3n) is 2.28. The van der Waals surface area contributed by atoms with Gasteiger partial charge in [0.05, 0.1) is 20.5 Å². The van der Waals surface area contributed by atoms with Crippen LogP contribution < -0.4 is 5.84 Å². The van der Waals surface area contributed by atoms with E-state index in [1.165, 1.54) is 0 Å². The van der Waals surface area contributed by atoms with E-state index in [-0.39, 0.29) is 35.7 Å². The molecular formula is C8H15F2N2O+. The summed E-state index contributed by atoms with van der Waals surface area (Å²) in [5, 5.41) is 0. The van der Waals surface area contributed by atoms with Crippen LogP contribution in [0, 0.1) is 5.92 Å². The molecule has 76 valence electrons. The Bertz CT molecular complexity index is 215. The zero-order valence-corrected chi connectivity index (χ0v) is 7.89. The summed E-state index contributed by atoms with van der Waals surface area (Å²) in [6.45, 7) is 0. The first kappa shape index (κ1) is 10.5. The van der Waals surface area contributed by atoms with E-state index < -0.39 is 5.92 Å². The van der Waals surface area contributed by atoms with Gasteiger partial charge in [0.15, 0.2) is 0 Å². The molecule has 3 nitrogen and oxygen atoms in total. The molecule has 1 amide bonds. The minimum absolute atomic E-state index is 0.166. The summed E-state index contributed by atoms with van der Waals surface area (Å²) in [6, 6.07) is 0. The van der Waals surface area contributed by atoms with Crippen LogP contribution in [-0.2, 0) is 4.79 Å². The van der Waals surface area contributed by atoms with Gasteiger partial charge in [-0.05, 0) is 5.92 Å². The van der Waals surface area contributed by atoms with Crippen molar-refractivity contribution in [3.05, 3.63) is 0 Å². The molecule has 5 heteroatoms. The number of amides is 1. The number of quaternary nitrogens is 1. The lowest BCUT2D eigenvalue weighted by Crippen LogP contribution is -2.53. The van der Waals surface area contributed by atoms with Gasteiger partial charge >= 0.3 is 5.91 Å². The van der Waals surface area contributed by atoms with Crippen molar-refractivity contribution >= 4 is 5.91 Å². The van der Waals surface area contributed by atoms with Crippen LogP contribution in [-0.4, -0.2) is 30.5 Å². The molecule has 0 saturated heterocycles. The second kappa shape index (κ2) is 2.99. The van der Waals surface area contributed by atoms with Gasteiger partial charge in [-0.2, -0.15) is 10.4 Å². The number of carbonyl (C=O) groups is 1. The Morgan fingerprint density at radius 2 is 2.00 bits per heavy atom. The number of hydrogen-bond donors (Lipinski definition) is 1. The fourth-order valence-corrected chi connectivity index (χ4v) is 1.41. The van der Waals surface area contributed by atoms with Crippen molar-refractivity contribution < 1.29 is 18.2 Å². The molecule has 0 atom stereocenters. The SMILES string of the molecule is C[N+](C)(N)C(=O)CC1CC(F)(F)C1. The van der Waals surface area contributed by atoms with Gasteiger partial charge in [-0.25, -0.2) is 13.6 Å². The Balaban J connectivity index is 2.33. The van der Waals surface area contributed by atoms with Gasteiger partial charge in [-0.15, -0.1) is 0 Å². The minimum Gasteiger partial charge on any atom is -0.229 e. The predicted molar refractivity (Wildman–Crippen MR) is 43.6 cm³/mol. The Labute approximate surface area is 76.1 Å². The van der Waals surface area contributed by atoms with Crippen molar-refractivity contribution in [2.24, 2.45) is 11.8 Å². The minimum atomic E-state index is -2.54. The summed E-state index contributed by atoms with van der Waals surface area (Å²) in [5.74, 6) is 2.56. The van der Waals surface area contributed by atoms with Crippen LogP contribution in [0.25, 0.3) is 0 Å². The molecule has 1 fully saturated rings. The van der Waals surface area contributed by atoms with Gasteiger partial charge in [-0.3, -0.25) is 0 Å². The monoisotopic (exact) mass is 193 g/mol. The molecule has 0 bridgehead atoms. The van der Waals surface area contributed by atoms with Crippen LogP contribution >= 0.6 is 0 Å². The summed E-state index contributed by atoms with van der Waals surface area (Å²) in [6.07, 6.45) is -0.170. The molecule has 0 aliphatic heterocycles. The molecule has 0 unspecified atom stereocenters. The zero-order chi connectivity index (χ0) is 10.3. The van der Waals surface area contributed by atoms with Crippen LogP contribution in [0.2, 0.25) is 0 Å². The molecule has 0 aromatic carbocycles. The molecule has 13 heavy (non-hydrogen) atoms. The Kier molecular flexibility index (Phi) is 2.42. The molecule has 1 aliphatic carbocycles. The topological polar surface area (TPSA) is 43.1 Å². The fraction of sp³-hybridized carbons (Fsp3) is 0.875. The molecule has 0 aromatic heterocycles. The van der Waals surface area contributed by atoms with Gasteiger partial charge < -0.3 is 0 Å². The number of alkyl halides is 2. The Morgan fingerprint density at radius 3 is 2.31 bits per heavy atom. The molecule has 1 aliphatic rings. The lowest BCUT2D eigenvalue weighted by molar-refractivity contribution is -0.826. The van der Waals surface area contributed by atoms with Gasteiger partial charge in [0.25, 0.3) is 0 Å². The third-order valence-corrected chi connectivity index (χ3v) is 2.28. The Morgan fingerprint density at radius 1 is 1.54 bits per heavy atom. The van der Waals surface area contributed by atoms with E-state index in [1.54, 1.807) is 14.1 Å². The van der Waals surface area contributed by atoms with Gasteiger partial charge in [0.1, 0.15) is 0 Å². The van der Waals surface area contributed by atoms with Crippen molar-refractivity contribution in [1.29, 1.82) is 0 Å². The maximum Gasteiger partial charge on any atom is 0.332 e. The highest BCUT2D eigenvalue weighted by molar-refractivity contribution is 5.68. The Hall–Kier alpha value is -0.550. The predicted octanol–water partition coefficient (Wildman–Crippen LogP) is 0.898. The zero-order valence-electron chi connectivity index (χ0n) is 7.89. The van der Waals surface area contributed by atoms with Crippen molar-refractivity contribution in [3.8, 4) is 0 Å². The maximum atomic E-state index is 12.4. The second-order valence-electron chi connectivity index (χ2n) is 4.27. The molecule has 0 aromatic rings. The molecule has 0 spiro atoms. The first-order valence-corrected chi connectivity index (χ1v) is 4.24. The first-order chi connectivity index (χ1) is 5.71. The largest absolute Gasteiger partial charge is 0.332 e. The number of nitrogens with two attached hydrogens (primary N) is 1. The summed E-state index contributed by atoms with van der Waals surface area (Å²) >= 11 is 0. The number of rotatable bonds is 2. The van der Waals surface area contributed by atoms with E-state index in [1.807, 2.05) is 0 Å². The maximum absolute atomic E-state index is 12.4. The van der Waals surface area contributed by atoms with Crippen molar-refractivity contribution in [1.82, 2.24) is 0 Å². The van der Waals surface area contributed by atoms with Crippen molar-refractivity contribution in [3.63, 3.8) is 0 Å². The van der Waals surface area contributed by atoms with E-state index in [2.05, 4.69) is 0 Å². The van der Waals surface area contributed by atoms with E-state index in [9.17, 15) is 13.6 Å². The summed E-state index contributed by atoms with van der Waals surface area (Å²) in [5.41, 5.74) is 0.